The summed E-state index contributed by atoms with van der Waals surface area (Å²) < 4.78 is 12.6. The highest BCUT2D eigenvalue weighted by Crippen LogP contribution is 2.44. The Labute approximate surface area is 233 Å². The Morgan fingerprint density at radius 2 is 0.853 bits per heavy atom. The molecule has 0 spiro atoms. The van der Waals surface area contributed by atoms with Crippen LogP contribution in [0.15, 0.2) is 0 Å². The summed E-state index contributed by atoms with van der Waals surface area (Å²) in [6.07, 6.45) is 13.5. The van der Waals surface area contributed by atoms with Crippen molar-refractivity contribution in [1.82, 2.24) is 0 Å². The van der Waals surface area contributed by atoms with Crippen molar-refractivity contribution in [2.24, 2.45) is 0 Å². The summed E-state index contributed by atoms with van der Waals surface area (Å²) in [5, 5.41) is 0. The van der Waals surface area contributed by atoms with E-state index in [1.807, 2.05) is 41.2 Å². The van der Waals surface area contributed by atoms with Crippen molar-refractivity contribution >= 4 is 58.8 Å². The maximum atomic E-state index is 6.29. The van der Waals surface area contributed by atoms with Gasteiger partial charge in [0.1, 0.15) is 0 Å². The molecule has 0 fully saturated rings. The normalized spacial score (nSPS) is 13.8. The Balaban J connectivity index is 4.27. The summed E-state index contributed by atoms with van der Waals surface area (Å²) in [5.41, 5.74) is 1.18. The van der Waals surface area contributed by atoms with Crippen molar-refractivity contribution in [2.45, 2.75) is 141 Å². The molecule has 206 valence electrons. The predicted octanol–water partition coefficient (Wildman–Crippen LogP) is 9.99. The van der Waals surface area contributed by atoms with E-state index in [2.05, 4.69) is 41.5 Å². The molecule has 0 radical (unpaired) electrons. The van der Waals surface area contributed by atoms with E-state index < -0.39 is 17.6 Å². The van der Waals surface area contributed by atoms with E-state index in [0.717, 1.165) is 13.2 Å². The summed E-state index contributed by atoms with van der Waals surface area (Å²) >= 11 is 0. The summed E-state index contributed by atoms with van der Waals surface area (Å²) in [4.78, 5) is 0. The van der Waals surface area contributed by atoms with E-state index in [9.17, 15) is 0 Å². The van der Waals surface area contributed by atoms with Gasteiger partial charge in [0.15, 0.2) is 0 Å². The molecule has 2 nitrogen and oxygen atoms in total. The zero-order valence-electron chi connectivity index (χ0n) is 23.5. The van der Waals surface area contributed by atoms with Crippen LogP contribution >= 0.6 is 41.2 Å². The third-order valence-corrected chi connectivity index (χ3v) is 20.9. The van der Waals surface area contributed by atoms with Crippen LogP contribution in [0.1, 0.15) is 106 Å². The number of ether oxygens (including phenoxy) is 2. The molecule has 0 amide bonds. The van der Waals surface area contributed by atoms with Crippen LogP contribution < -0.4 is 0 Å². The molecule has 0 aromatic carbocycles. The van der Waals surface area contributed by atoms with E-state index in [1.165, 1.54) is 99.9 Å². The first-order valence-corrected chi connectivity index (χ1v) is 24.2. The standard InChI is InChI=1S/C26H58O2S4Si2/c1-7-13-21-33(22-14-8-2)25(27-11-5)17-19-29-31-32-30-20-18-26(28-12-6)34(23-15-9-3)24-16-10-4/h25-26,33-34H,7-24H2,1-6H3. The van der Waals surface area contributed by atoms with Crippen molar-refractivity contribution in [3.63, 3.8) is 0 Å². The first-order valence-electron chi connectivity index (χ1n) is 14.5. The highest BCUT2D eigenvalue weighted by molar-refractivity contribution is 9.26. The molecule has 0 aliphatic heterocycles. The van der Waals surface area contributed by atoms with Gasteiger partial charge in [-0.25, -0.2) is 0 Å². The third-order valence-electron chi connectivity index (χ3n) is 6.62. The molecule has 0 aliphatic carbocycles. The molecule has 0 saturated carbocycles. The molecular formula is C26H58O2S4Si2. The van der Waals surface area contributed by atoms with Gasteiger partial charge >= 0.3 is 0 Å². The molecule has 2 unspecified atom stereocenters. The fourth-order valence-corrected chi connectivity index (χ4v) is 19.3. The largest absolute Gasteiger partial charge is 0.382 e. The molecule has 2 atom stereocenters. The van der Waals surface area contributed by atoms with Crippen LogP contribution in [-0.2, 0) is 9.47 Å². The first-order chi connectivity index (χ1) is 16.7. The molecule has 8 heteroatoms. The van der Waals surface area contributed by atoms with Crippen LogP contribution in [-0.4, -0.2) is 53.8 Å². The molecule has 0 saturated heterocycles. The van der Waals surface area contributed by atoms with Gasteiger partial charge in [0.25, 0.3) is 0 Å². The highest BCUT2D eigenvalue weighted by atomic mass is 33.7. The summed E-state index contributed by atoms with van der Waals surface area (Å²) in [5.74, 6) is 2.46. The maximum Gasteiger partial charge on any atom is 0.0717 e. The molecule has 0 rings (SSSR count). The molecular weight excluding hydrogens is 529 g/mol. The monoisotopic (exact) mass is 586 g/mol. The fourth-order valence-electron chi connectivity index (χ4n) is 4.67. The van der Waals surface area contributed by atoms with Crippen molar-refractivity contribution in [1.29, 1.82) is 0 Å². The smallest absolute Gasteiger partial charge is 0.0717 e. The topological polar surface area (TPSA) is 18.5 Å². The Hall–Kier alpha value is 1.75. The molecule has 0 N–H and O–H groups in total. The zero-order chi connectivity index (χ0) is 25.3. The Morgan fingerprint density at radius 1 is 0.529 bits per heavy atom. The van der Waals surface area contributed by atoms with E-state index in [1.54, 1.807) is 0 Å². The van der Waals surface area contributed by atoms with Crippen molar-refractivity contribution < 1.29 is 9.47 Å². The molecule has 0 aliphatic rings. The van der Waals surface area contributed by atoms with Gasteiger partial charge < -0.3 is 9.47 Å². The van der Waals surface area contributed by atoms with Crippen LogP contribution in [0.4, 0.5) is 0 Å². The van der Waals surface area contributed by atoms with Gasteiger partial charge in [-0.1, -0.05) is 125 Å². The van der Waals surface area contributed by atoms with Crippen LogP contribution in [0.3, 0.4) is 0 Å². The van der Waals surface area contributed by atoms with E-state index >= 15 is 0 Å². The molecule has 0 aromatic heterocycles. The minimum absolute atomic E-state index is 0.592. The fraction of sp³-hybridized carbons (Fsp3) is 1.00. The lowest BCUT2D eigenvalue weighted by atomic mass is 10.4. The van der Waals surface area contributed by atoms with Gasteiger partial charge in [0, 0.05) is 36.2 Å². The quantitative estimate of drug-likeness (QED) is 0.0537. The number of hydrogen-bond donors (Lipinski definition) is 0. The highest BCUT2D eigenvalue weighted by Gasteiger charge is 2.23. The van der Waals surface area contributed by atoms with E-state index in [-0.39, 0.29) is 0 Å². The third kappa shape index (κ3) is 19.8. The second-order valence-electron chi connectivity index (χ2n) is 9.43. The van der Waals surface area contributed by atoms with Crippen molar-refractivity contribution in [2.75, 3.05) is 24.7 Å². The van der Waals surface area contributed by atoms with Crippen LogP contribution in [0.5, 0.6) is 0 Å². The van der Waals surface area contributed by atoms with Crippen molar-refractivity contribution in [3.8, 4) is 0 Å². The Bertz CT molecular complexity index is 359. The van der Waals surface area contributed by atoms with Gasteiger partial charge in [0.2, 0.25) is 0 Å². The summed E-state index contributed by atoms with van der Waals surface area (Å²) in [6.45, 7) is 15.5. The number of unbranched alkanes of at least 4 members (excludes halogenated alkanes) is 4. The second-order valence-corrected chi connectivity index (χ2v) is 22.5. The minimum atomic E-state index is -0.784. The van der Waals surface area contributed by atoms with Gasteiger partial charge in [-0.15, -0.1) is 0 Å². The van der Waals surface area contributed by atoms with Gasteiger partial charge in [-0.2, -0.15) is 0 Å². The summed E-state index contributed by atoms with van der Waals surface area (Å²) in [7, 11) is 6.51. The van der Waals surface area contributed by atoms with E-state index in [0.29, 0.717) is 11.5 Å². The zero-order valence-corrected chi connectivity index (χ0v) is 29.1. The number of rotatable bonds is 27. The van der Waals surface area contributed by atoms with Gasteiger partial charge in [-0.3, -0.25) is 0 Å². The first kappa shape index (κ1) is 35.8. The molecule has 0 aromatic rings. The second kappa shape index (κ2) is 27.8. The molecule has 34 heavy (non-hydrogen) atoms. The molecule has 0 bridgehead atoms. The SMILES string of the molecule is CCCC[SiH](CCCC)C(CCSSSSCCC(OCC)[SiH](CCCC)CCCC)OCC. The molecule has 0 heterocycles. The summed E-state index contributed by atoms with van der Waals surface area (Å²) in [6, 6.07) is 5.91. The average Bonchev–Trinajstić information content (AvgIpc) is 2.84. The lowest BCUT2D eigenvalue weighted by Gasteiger charge is -2.26. The van der Waals surface area contributed by atoms with Gasteiger partial charge in [-0.05, 0) is 46.3 Å². The average molecular weight is 587 g/mol. The minimum Gasteiger partial charge on any atom is -0.382 e. The maximum absolute atomic E-state index is 6.29. The Kier molecular flexibility index (Phi) is 29.2. The van der Waals surface area contributed by atoms with Gasteiger partial charge in [0.05, 0.1) is 17.6 Å². The lowest BCUT2D eigenvalue weighted by Crippen LogP contribution is -2.34. The lowest BCUT2D eigenvalue weighted by molar-refractivity contribution is 0.111. The van der Waals surface area contributed by atoms with Crippen molar-refractivity contribution in [3.05, 3.63) is 0 Å². The predicted molar refractivity (Wildman–Crippen MR) is 173 cm³/mol. The van der Waals surface area contributed by atoms with Crippen LogP contribution in [0.2, 0.25) is 24.2 Å². The van der Waals surface area contributed by atoms with Crippen LogP contribution in [0.25, 0.3) is 0 Å². The van der Waals surface area contributed by atoms with E-state index in [4.69, 9.17) is 9.47 Å². The Morgan fingerprint density at radius 3 is 1.12 bits per heavy atom. The van der Waals surface area contributed by atoms with Crippen LogP contribution in [0, 0.1) is 0 Å². The number of hydrogen-bond acceptors (Lipinski definition) is 6.